The van der Waals surface area contributed by atoms with Crippen molar-refractivity contribution in [3.8, 4) is 0 Å². The van der Waals surface area contributed by atoms with Crippen molar-refractivity contribution in [2.75, 3.05) is 20.1 Å². The molecule has 1 aromatic carbocycles. The van der Waals surface area contributed by atoms with Crippen LogP contribution in [0.1, 0.15) is 22.3 Å². The first-order valence-electron chi connectivity index (χ1n) is 5.76. The zero-order chi connectivity index (χ0) is 12.4. The van der Waals surface area contributed by atoms with Gasteiger partial charge in [0.15, 0.2) is 0 Å². The highest BCUT2D eigenvalue weighted by atomic mass is 35.5. The summed E-state index contributed by atoms with van der Waals surface area (Å²) in [5.74, 6) is -0.340. The first kappa shape index (κ1) is 12.4. The van der Waals surface area contributed by atoms with E-state index in [1.165, 1.54) is 6.07 Å². The second-order valence-electron chi connectivity index (χ2n) is 4.73. The van der Waals surface area contributed by atoms with Crippen molar-refractivity contribution < 1.29 is 9.90 Å². The maximum atomic E-state index is 11.1. The van der Waals surface area contributed by atoms with Gasteiger partial charge in [0.1, 0.15) is 0 Å². The van der Waals surface area contributed by atoms with Crippen molar-refractivity contribution >= 4 is 17.6 Å². The standard InChI is InChI=1S/C13H16ClNO2/c1-15-5-4-9(8-15)6-10-2-3-11(14)7-12(10)13(16)17/h2-3,7,9H,4-6,8H2,1H3,(H,16,17). The van der Waals surface area contributed by atoms with E-state index in [4.69, 9.17) is 16.7 Å². The minimum Gasteiger partial charge on any atom is -0.478 e. The van der Waals surface area contributed by atoms with E-state index in [0.717, 1.165) is 31.5 Å². The van der Waals surface area contributed by atoms with Crippen LogP contribution < -0.4 is 0 Å². The van der Waals surface area contributed by atoms with E-state index in [-0.39, 0.29) is 0 Å². The largest absolute Gasteiger partial charge is 0.478 e. The lowest BCUT2D eigenvalue weighted by Crippen LogP contribution is -2.15. The third-order valence-corrected chi connectivity index (χ3v) is 3.53. The van der Waals surface area contributed by atoms with E-state index in [1.807, 2.05) is 6.07 Å². The molecule has 0 spiro atoms. The molecule has 1 fully saturated rings. The zero-order valence-electron chi connectivity index (χ0n) is 9.82. The van der Waals surface area contributed by atoms with Crippen molar-refractivity contribution in [1.82, 2.24) is 4.90 Å². The molecule has 0 aromatic heterocycles. The molecule has 1 aliphatic heterocycles. The number of halogens is 1. The van der Waals surface area contributed by atoms with Crippen molar-refractivity contribution in [2.24, 2.45) is 5.92 Å². The molecule has 3 nitrogen and oxygen atoms in total. The molecule has 1 unspecified atom stereocenters. The van der Waals surface area contributed by atoms with Crippen molar-refractivity contribution in [3.05, 3.63) is 34.3 Å². The number of benzene rings is 1. The summed E-state index contributed by atoms with van der Waals surface area (Å²) in [6.45, 7) is 2.14. The van der Waals surface area contributed by atoms with E-state index in [1.54, 1.807) is 6.07 Å². The molecule has 4 heteroatoms. The quantitative estimate of drug-likeness (QED) is 0.900. The van der Waals surface area contributed by atoms with Crippen molar-refractivity contribution in [1.29, 1.82) is 0 Å². The fraction of sp³-hybridized carbons (Fsp3) is 0.462. The Hall–Kier alpha value is -1.06. The third kappa shape index (κ3) is 2.99. The Labute approximate surface area is 106 Å². The van der Waals surface area contributed by atoms with E-state index >= 15 is 0 Å². The summed E-state index contributed by atoms with van der Waals surface area (Å²) in [7, 11) is 2.10. The molecule has 17 heavy (non-hydrogen) atoms. The van der Waals surface area contributed by atoms with Gasteiger partial charge >= 0.3 is 5.97 Å². The van der Waals surface area contributed by atoms with Gasteiger partial charge in [-0.15, -0.1) is 0 Å². The Morgan fingerprint density at radius 3 is 2.94 bits per heavy atom. The molecule has 92 valence electrons. The van der Waals surface area contributed by atoms with E-state index in [0.29, 0.717) is 16.5 Å². The predicted octanol–water partition coefficient (Wildman–Crippen LogP) is 2.53. The first-order valence-corrected chi connectivity index (χ1v) is 6.14. The number of nitrogens with zero attached hydrogens (tertiary/aromatic N) is 1. The van der Waals surface area contributed by atoms with Gasteiger partial charge in [-0.3, -0.25) is 0 Å². The number of hydrogen-bond donors (Lipinski definition) is 1. The predicted molar refractivity (Wildman–Crippen MR) is 67.7 cm³/mol. The van der Waals surface area contributed by atoms with Crippen LogP contribution in [0, 0.1) is 5.92 Å². The second-order valence-corrected chi connectivity index (χ2v) is 5.16. The summed E-state index contributed by atoms with van der Waals surface area (Å²) in [5, 5.41) is 9.63. The molecule has 0 aliphatic carbocycles. The van der Waals surface area contributed by atoms with Gasteiger partial charge in [0, 0.05) is 11.6 Å². The van der Waals surface area contributed by atoms with Gasteiger partial charge in [0.05, 0.1) is 5.56 Å². The summed E-state index contributed by atoms with van der Waals surface area (Å²) in [6.07, 6.45) is 1.96. The molecule has 1 aliphatic rings. The van der Waals surface area contributed by atoms with Gasteiger partial charge in [-0.05, 0) is 50.0 Å². The highest BCUT2D eigenvalue weighted by Crippen LogP contribution is 2.23. The number of carboxylic acids is 1. The maximum absolute atomic E-state index is 11.1. The molecule has 1 aromatic rings. The fourth-order valence-corrected chi connectivity index (χ4v) is 2.60. The van der Waals surface area contributed by atoms with Gasteiger partial charge in [0.2, 0.25) is 0 Å². The molecule has 1 saturated heterocycles. The summed E-state index contributed by atoms with van der Waals surface area (Å²) < 4.78 is 0. The molecule has 2 rings (SSSR count). The molecule has 0 amide bonds. The topological polar surface area (TPSA) is 40.5 Å². The van der Waals surface area contributed by atoms with Crippen molar-refractivity contribution in [2.45, 2.75) is 12.8 Å². The third-order valence-electron chi connectivity index (χ3n) is 3.30. The van der Waals surface area contributed by atoms with Crippen molar-refractivity contribution in [3.63, 3.8) is 0 Å². The zero-order valence-corrected chi connectivity index (χ0v) is 10.6. The van der Waals surface area contributed by atoms with Gasteiger partial charge in [-0.2, -0.15) is 0 Å². The number of aromatic carboxylic acids is 1. The van der Waals surface area contributed by atoms with E-state index in [9.17, 15) is 4.79 Å². The summed E-state index contributed by atoms with van der Waals surface area (Å²) in [6, 6.07) is 5.14. The van der Waals surface area contributed by atoms with Crippen LogP contribution in [0.15, 0.2) is 18.2 Å². The number of carbonyl (C=O) groups is 1. The van der Waals surface area contributed by atoms with Crippen LogP contribution in [0.3, 0.4) is 0 Å². The van der Waals surface area contributed by atoms with Gasteiger partial charge in [-0.25, -0.2) is 4.79 Å². The Kier molecular flexibility index (Phi) is 3.69. The molecular weight excluding hydrogens is 238 g/mol. The molecule has 1 atom stereocenters. The van der Waals surface area contributed by atoms with Crippen LogP contribution in [-0.2, 0) is 6.42 Å². The van der Waals surface area contributed by atoms with Crippen LogP contribution in [0.2, 0.25) is 5.02 Å². The lowest BCUT2D eigenvalue weighted by Gasteiger charge is -2.12. The second kappa shape index (κ2) is 5.07. The van der Waals surface area contributed by atoms with E-state index in [2.05, 4.69) is 11.9 Å². The lowest BCUT2D eigenvalue weighted by atomic mass is 9.95. The monoisotopic (exact) mass is 253 g/mol. The molecule has 0 radical (unpaired) electrons. The van der Waals surface area contributed by atoms with Crippen LogP contribution in [-0.4, -0.2) is 36.1 Å². The van der Waals surface area contributed by atoms with Crippen LogP contribution in [0.25, 0.3) is 0 Å². The highest BCUT2D eigenvalue weighted by molar-refractivity contribution is 6.30. The van der Waals surface area contributed by atoms with Gasteiger partial charge < -0.3 is 10.0 Å². The van der Waals surface area contributed by atoms with Gasteiger partial charge in [-0.1, -0.05) is 17.7 Å². The highest BCUT2D eigenvalue weighted by Gasteiger charge is 2.21. The summed E-state index contributed by atoms with van der Waals surface area (Å²) >= 11 is 5.83. The summed E-state index contributed by atoms with van der Waals surface area (Å²) in [5.41, 5.74) is 1.23. The van der Waals surface area contributed by atoms with Crippen LogP contribution >= 0.6 is 11.6 Å². The number of likely N-dealkylation sites (tertiary alicyclic amines) is 1. The molecule has 0 bridgehead atoms. The smallest absolute Gasteiger partial charge is 0.336 e. The lowest BCUT2D eigenvalue weighted by molar-refractivity contribution is 0.0695. The number of carboxylic acid groups (broad SMARTS) is 1. The maximum Gasteiger partial charge on any atom is 0.336 e. The van der Waals surface area contributed by atoms with E-state index < -0.39 is 5.97 Å². The minimum atomic E-state index is -0.895. The molecule has 1 heterocycles. The molecular formula is C13H16ClNO2. The first-order chi connectivity index (χ1) is 8.06. The molecule has 0 saturated carbocycles. The average molecular weight is 254 g/mol. The minimum absolute atomic E-state index is 0.340. The normalized spacial score (nSPS) is 20.7. The van der Waals surface area contributed by atoms with Crippen LogP contribution in [0.4, 0.5) is 0 Å². The van der Waals surface area contributed by atoms with Crippen LogP contribution in [0.5, 0.6) is 0 Å². The SMILES string of the molecule is CN1CCC(Cc2ccc(Cl)cc2C(=O)O)C1. The fourth-order valence-electron chi connectivity index (χ4n) is 2.43. The Morgan fingerprint density at radius 1 is 1.59 bits per heavy atom. The Balaban J connectivity index is 2.17. The Bertz CT molecular complexity index is 433. The number of rotatable bonds is 3. The van der Waals surface area contributed by atoms with Gasteiger partial charge in [0.25, 0.3) is 0 Å². The number of hydrogen-bond acceptors (Lipinski definition) is 2. The summed E-state index contributed by atoms with van der Waals surface area (Å²) in [4.78, 5) is 13.4. The average Bonchev–Trinajstić information content (AvgIpc) is 2.66. The Morgan fingerprint density at radius 2 is 2.35 bits per heavy atom. The molecule has 1 N–H and O–H groups in total.